The van der Waals surface area contributed by atoms with Crippen molar-refractivity contribution < 1.29 is 17.6 Å². The molecule has 1 aromatic rings. The van der Waals surface area contributed by atoms with Crippen molar-refractivity contribution in [2.45, 2.75) is 6.18 Å². The predicted octanol–water partition coefficient (Wildman–Crippen LogP) is 2.08. The first-order valence-electron chi connectivity index (χ1n) is 4.30. The summed E-state index contributed by atoms with van der Waals surface area (Å²) in [5.74, 6) is -1.82. The number of alkyl halides is 3. The largest absolute Gasteiger partial charge is 0.419 e. The maximum absolute atomic E-state index is 13.1. The monoisotopic (exact) mass is 284 g/mol. The van der Waals surface area contributed by atoms with Crippen LogP contribution in [0.25, 0.3) is 0 Å². The molecule has 18 heavy (non-hydrogen) atoms. The van der Waals surface area contributed by atoms with E-state index in [0.717, 1.165) is 12.3 Å². The Kier molecular flexibility index (Phi) is 5.57. The van der Waals surface area contributed by atoms with E-state index in [2.05, 4.69) is 5.10 Å². The number of hydrogen-bond donors (Lipinski definition) is 3. The van der Waals surface area contributed by atoms with E-state index in [1.807, 2.05) is 5.43 Å². The Bertz CT molecular complexity index is 458. The van der Waals surface area contributed by atoms with Crippen LogP contribution >= 0.6 is 12.4 Å². The van der Waals surface area contributed by atoms with Gasteiger partial charge < -0.3 is 5.73 Å². The molecule has 0 aliphatic carbocycles. The van der Waals surface area contributed by atoms with Gasteiger partial charge in [0.2, 0.25) is 5.96 Å². The van der Waals surface area contributed by atoms with E-state index < -0.39 is 23.5 Å². The molecule has 0 unspecified atom stereocenters. The van der Waals surface area contributed by atoms with Crippen LogP contribution in [0.2, 0.25) is 0 Å². The number of nitrogens with one attached hydrogen (secondary N) is 2. The SMILES string of the molecule is Cl.N=C(N)NN=Cc1ccc(C(F)(F)F)c(F)c1. The number of nitrogens with zero attached hydrogens (tertiary/aromatic N) is 1. The number of guanidine groups is 1. The zero-order chi connectivity index (χ0) is 13.1. The van der Waals surface area contributed by atoms with Crippen molar-refractivity contribution in [3.05, 3.63) is 35.1 Å². The standard InChI is InChI=1S/C9H8F4N4.ClH/c10-7-3-5(4-16-17-8(14)15)1-2-6(7)9(11,12)13;/h1-4H,(H4,14,15,17);1H. The highest BCUT2D eigenvalue weighted by Gasteiger charge is 2.33. The van der Waals surface area contributed by atoms with Gasteiger partial charge in [-0.2, -0.15) is 18.3 Å². The Morgan fingerprint density at radius 3 is 2.44 bits per heavy atom. The molecule has 9 heteroatoms. The minimum atomic E-state index is -4.72. The van der Waals surface area contributed by atoms with Crippen molar-refractivity contribution in [1.82, 2.24) is 5.43 Å². The van der Waals surface area contributed by atoms with Crippen molar-refractivity contribution in [3.8, 4) is 0 Å². The van der Waals surface area contributed by atoms with Gasteiger partial charge in [-0.25, -0.2) is 9.82 Å². The lowest BCUT2D eigenvalue weighted by Crippen LogP contribution is -2.25. The van der Waals surface area contributed by atoms with Gasteiger partial charge in [-0.05, 0) is 17.7 Å². The molecule has 0 atom stereocenters. The van der Waals surface area contributed by atoms with E-state index in [-0.39, 0.29) is 18.0 Å². The average Bonchev–Trinajstić information content (AvgIpc) is 2.14. The first-order valence-corrected chi connectivity index (χ1v) is 4.30. The second kappa shape index (κ2) is 6.20. The van der Waals surface area contributed by atoms with Crippen LogP contribution in [-0.2, 0) is 6.18 Å². The molecule has 4 nitrogen and oxygen atoms in total. The molecule has 0 saturated heterocycles. The molecular formula is C9H9ClF4N4. The first kappa shape index (κ1) is 16.2. The lowest BCUT2D eigenvalue weighted by Gasteiger charge is -2.07. The van der Waals surface area contributed by atoms with E-state index in [1.165, 1.54) is 0 Å². The van der Waals surface area contributed by atoms with Crippen molar-refractivity contribution in [1.29, 1.82) is 5.41 Å². The third-order valence-corrected chi connectivity index (χ3v) is 1.70. The zero-order valence-corrected chi connectivity index (χ0v) is 9.57. The molecule has 1 aromatic carbocycles. The highest BCUT2D eigenvalue weighted by Crippen LogP contribution is 2.31. The Morgan fingerprint density at radius 1 is 1.39 bits per heavy atom. The number of benzene rings is 1. The molecule has 0 spiro atoms. The Balaban J connectivity index is 0.00000289. The Morgan fingerprint density at radius 2 is 2.00 bits per heavy atom. The molecule has 0 aromatic heterocycles. The first-order chi connectivity index (χ1) is 7.80. The summed E-state index contributed by atoms with van der Waals surface area (Å²) in [6.45, 7) is 0. The molecule has 0 amide bonds. The molecule has 0 aliphatic rings. The van der Waals surface area contributed by atoms with Crippen LogP contribution in [0.3, 0.4) is 0 Å². The molecule has 4 N–H and O–H groups in total. The van der Waals surface area contributed by atoms with Gasteiger partial charge in [0.05, 0.1) is 11.8 Å². The Hall–Kier alpha value is -1.83. The van der Waals surface area contributed by atoms with E-state index >= 15 is 0 Å². The van der Waals surface area contributed by atoms with E-state index in [0.29, 0.717) is 12.1 Å². The molecule has 0 saturated carbocycles. The molecule has 100 valence electrons. The van der Waals surface area contributed by atoms with Crippen LogP contribution in [0, 0.1) is 11.2 Å². The van der Waals surface area contributed by atoms with Gasteiger partial charge in [0.15, 0.2) is 0 Å². The number of halogens is 5. The second-order valence-electron chi connectivity index (χ2n) is 3.02. The fraction of sp³-hybridized carbons (Fsp3) is 0.111. The zero-order valence-electron chi connectivity index (χ0n) is 8.75. The molecule has 0 heterocycles. The quantitative estimate of drug-likeness (QED) is 0.337. The van der Waals surface area contributed by atoms with Crippen molar-refractivity contribution in [2.24, 2.45) is 10.8 Å². The second-order valence-corrected chi connectivity index (χ2v) is 3.02. The molecule has 1 rings (SSSR count). The summed E-state index contributed by atoms with van der Waals surface area (Å²) in [6, 6.07) is 2.36. The summed E-state index contributed by atoms with van der Waals surface area (Å²) in [5.41, 5.74) is 5.72. The summed E-state index contributed by atoms with van der Waals surface area (Å²) < 4.78 is 49.7. The van der Waals surface area contributed by atoms with Crippen LogP contribution in [0.15, 0.2) is 23.3 Å². The molecule has 0 bridgehead atoms. The van der Waals surface area contributed by atoms with E-state index in [1.54, 1.807) is 0 Å². The van der Waals surface area contributed by atoms with Crippen LogP contribution < -0.4 is 11.2 Å². The van der Waals surface area contributed by atoms with Gasteiger partial charge in [0.1, 0.15) is 5.82 Å². The van der Waals surface area contributed by atoms with Crippen LogP contribution in [0.4, 0.5) is 17.6 Å². The molecule has 0 aliphatic heterocycles. The van der Waals surface area contributed by atoms with Crippen LogP contribution in [0.5, 0.6) is 0 Å². The summed E-state index contributed by atoms with van der Waals surface area (Å²) >= 11 is 0. The fourth-order valence-corrected chi connectivity index (χ4v) is 1.02. The summed E-state index contributed by atoms with van der Waals surface area (Å²) in [6.07, 6.45) is -3.68. The summed E-state index contributed by atoms with van der Waals surface area (Å²) in [4.78, 5) is 0. The van der Waals surface area contributed by atoms with E-state index in [9.17, 15) is 17.6 Å². The highest BCUT2D eigenvalue weighted by molar-refractivity contribution is 5.85. The van der Waals surface area contributed by atoms with Gasteiger partial charge >= 0.3 is 6.18 Å². The Labute approximate surface area is 106 Å². The number of nitrogens with two attached hydrogens (primary N) is 1. The average molecular weight is 285 g/mol. The van der Waals surface area contributed by atoms with Crippen molar-refractivity contribution in [2.75, 3.05) is 0 Å². The lowest BCUT2D eigenvalue weighted by molar-refractivity contribution is -0.140. The molecular weight excluding hydrogens is 276 g/mol. The van der Waals surface area contributed by atoms with Gasteiger partial charge in [-0.1, -0.05) is 6.07 Å². The minimum Gasteiger partial charge on any atom is -0.369 e. The van der Waals surface area contributed by atoms with E-state index in [4.69, 9.17) is 11.1 Å². The molecule has 0 radical (unpaired) electrons. The maximum Gasteiger partial charge on any atom is 0.419 e. The lowest BCUT2D eigenvalue weighted by atomic mass is 10.1. The van der Waals surface area contributed by atoms with Crippen molar-refractivity contribution in [3.63, 3.8) is 0 Å². The third kappa shape index (κ3) is 4.58. The van der Waals surface area contributed by atoms with Gasteiger partial charge in [-0.3, -0.25) is 5.41 Å². The summed E-state index contributed by atoms with van der Waals surface area (Å²) in [5, 5.41) is 10.2. The number of rotatable bonds is 2. The van der Waals surface area contributed by atoms with Gasteiger partial charge in [0, 0.05) is 0 Å². The number of hydrazone groups is 1. The highest BCUT2D eigenvalue weighted by atomic mass is 35.5. The number of hydrogen-bond acceptors (Lipinski definition) is 2. The fourth-order valence-electron chi connectivity index (χ4n) is 1.02. The predicted molar refractivity (Wildman–Crippen MR) is 61.3 cm³/mol. The van der Waals surface area contributed by atoms with Gasteiger partial charge in [0.25, 0.3) is 0 Å². The maximum atomic E-state index is 13.1. The summed E-state index contributed by atoms with van der Waals surface area (Å²) in [7, 11) is 0. The molecule has 0 fully saturated rings. The van der Waals surface area contributed by atoms with Crippen LogP contribution in [-0.4, -0.2) is 12.2 Å². The van der Waals surface area contributed by atoms with Crippen molar-refractivity contribution >= 4 is 24.6 Å². The van der Waals surface area contributed by atoms with Gasteiger partial charge in [-0.15, -0.1) is 12.4 Å². The topological polar surface area (TPSA) is 74.3 Å². The normalized spacial score (nSPS) is 11.1. The minimum absolute atomic E-state index is 0. The van der Waals surface area contributed by atoms with Crippen LogP contribution in [0.1, 0.15) is 11.1 Å². The third-order valence-electron chi connectivity index (χ3n) is 1.70. The smallest absolute Gasteiger partial charge is 0.369 e.